The minimum Gasteiger partial charge on any atom is -0.463 e. The van der Waals surface area contributed by atoms with E-state index in [1.165, 1.54) is 64.2 Å². The molecule has 0 amide bonds. The molecule has 5 atom stereocenters. The van der Waals surface area contributed by atoms with E-state index in [-0.39, 0.29) is 19.3 Å². The molecule has 0 aromatic carbocycles. The van der Waals surface area contributed by atoms with Crippen LogP contribution in [0, 0.1) is 0 Å². The van der Waals surface area contributed by atoms with Crippen LogP contribution >= 0.6 is 15.6 Å². The second-order valence-corrected chi connectivity index (χ2v) is 32.5. The number of esters is 3. The SMILES string of the molecule is CC/C=C\C/C=C\C/C=C\C/C=C\C/C=C\C/C=C\CCCCCCCCCCCCCCCCC(=O)OCC(O)COP(=O)(O)OCC(O)COP(=O)(O)OCC(COC(=O)CCCCCCCC/C=C\C/C=C\C/C=C\C/C=C\C/C=C\C/C=C\CC)OC(=O)CCCCCCCCC/C=C\C/C=C\C/C=C\C/C=C\C/C=C\CC. The molecule has 0 spiro atoms. The Morgan fingerprint density at radius 2 is 0.427 bits per heavy atom. The van der Waals surface area contributed by atoms with Gasteiger partial charge in [-0.25, -0.2) is 9.13 Å². The largest absolute Gasteiger partial charge is 0.472 e. The maximum atomic E-state index is 13.1. The summed E-state index contributed by atoms with van der Waals surface area (Å²) in [6.07, 6.45) is 120. The molecule has 5 unspecified atom stereocenters. The summed E-state index contributed by atoms with van der Waals surface area (Å²) in [6, 6.07) is 0. The first-order chi connectivity index (χ1) is 57.2. The number of allylic oxidation sites excluding steroid dienone is 34. The quantitative estimate of drug-likeness (QED) is 0.0146. The molecule has 0 aromatic heterocycles. The van der Waals surface area contributed by atoms with Crippen LogP contribution in [-0.4, -0.2) is 95.9 Å². The Labute approximate surface area is 711 Å². The third-order valence-electron chi connectivity index (χ3n) is 18.5. The summed E-state index contributed by atoms with van der Waals surface area (Å²) in [7, 11) is -9.83. The van der Waals surface area contributed by atoms with Crippen LogP contribution in [0.25, 0.3) is 0 Å². The Kier molecular flexibility index (Phi) is 84.9. The zero-order chi connectivity index (χ0) is 85.1. The zero-order valence-corrected chi connectivity index (χ0v) is 74.8. The average molecular weight is 1670 g/mol. The maximum Gasteiger partial charge on any atom is 0.472 e. The van der Waals surface area contributed by atoms with Gasteiger partial charge in [0, 0.05) is 19.3 Å². The lowest BCUT2D eigenvalue weighted by atomic mass is 10.0. The second-order valence-electron chi connectivity index (χ2n) is 29.6. The highest BCUT2D eigenvalue weighted by Crippen LogP contribution is 2.45. The van der Waals surface area contributed by atoms with Gasteiger partial charge in [0.25, 0.3) is 0 Å². The lowest BCUT2D eigenvalue weighted by Gasteiger charge is -2.21. The van der Waals surface area contributed by atoms with Gasteiger partial charge in [-0.2, -0.15) is 0 Å². The summed E-state index contributed by atoms with van der Waals surface area (Å²) in [5.41, 5.74) is 0. The van der Waals surface area contributed by atoms with Crippen molar-refractivity contribution in [3.05, 3.63) is 207 Å². The van der Waals surface area contributed by atoms with Crippen molar-refractivity contribution in [3.8, 4) is 0 Å². The molecule has 0 aromatic rings. The Hall–Kier alpha value is -5.87. The fourth-order valence-electron chi connectivity index (χ4n) is 11.7. The van der Waals surface area contributed by atoms with E-state index in [2.05, 4.69) is 227 Å². The molecular formula is C99H162O16P2. The zero-order valence-electron chi connectivity index (χ0n) is 73.0. The van der Waals surface area contributed by atoms with Crippen molar-refractivity contribution < 1.29 is 75.8 Å². The highest BCUT2D eigenvalue weighted by atomic mass is 31.2. The van der Waals surface area contributed by atoms with Gasteiger partial charge in [0.15, 0.2) is 6.10 Å². The average Bonchev–Trinajstić information content (AvgIpc) is 0.896. The first kappa shape index (κ1) is 111. The van der Waals surface area contributed by atoms with E-state index < -0.39 is 91.5 Å². The number of aliphatic hydroxyl groups excluding tert-OH is 2. The summed E-state index contributed by atoms with van der Waals surface area (Å²) in [6.45, 7) is 2.32. The molecular weight excluding hydrogens is 1510 g/mol. The van der Waals surface area contributed by atoms with Crippen LogP contribution in [0.4, 0.5) is 0 Å². The van der Waals surface area contributed by atoms with Gasteiger partial charge in [-0.05, 0) is 167 Å². The van der Waals surface area contributed by atoms with Gasteiger partial charge in [-0.15, -0.1) is 0 Å². The van der Waals surface area contributed by atoms with E-state index >= 15 is 0 Å². The Bertz CT molecular complexity index is 2960. The molecule has 4 N–H and O–H groups in total. The first-order valence-electron chi connectivity index (χ1n) is 45.4. The Balaban J connectivity index is 4.63. The molecule has 117 heavy (non-hydrogen) atoms. The van der Waals surface area contributed by atoms with Gasteiger partial charge in [-0.3, -0.25) is 32.5 Å². The van der Waals surface area contributed by atoms with E-state index in [9.17, 15) is 43.5 Å². The van der Waals surface area contributed by atoms with Crippen LogP contribution in [-0.2, 0) is 55.8 Å². The molecule has 664 valence electrons. The summed E-state index contributed by atoms with van der Waals surface area (Å²) in [4.78, 5) is 59.0. The van der Waals surface area contributed by atoms with Crippen molar-refractivity contribution in [2.24, 2.45) is 0 Å². The van der Waals surface area contributed by atoms with E-state index in [0.717, 1.165) is 218 Å². The summed E-state index contributed by atoms with van der Waals surface area (Å²) < 4.78 is 61.4. The summed E-state index contributed by atoms with van der Waals surface area (Å²) in [5.74, 6) is -1.61. The van der Waals surface area contributed by atoms with Crippen molar-refractivity contribution in [1.82, 2.24) is 0 Å². The lowest BCUT2D eigenvalue weighted by molar-refractivity contribution is -0.161. The Morgan fingerprint density at radius 1 is 0.239 bits per heavy atom. The first-order valence-corrected chi connectivity index (χ1v) is 48.4. The second kappa shape index (κ2) is 89.4. The molecule has 0 radical (unpaired) electrons. The van der Waals surface area contributed by atoms with Crippen LogP contribution in [0.3, 0.4) is 0 Å². The molecule has 18 heteroatoms. The van der Waals surface area contributed by atoms with Gasteiger partial charge >= 0.3 is 33.6 Å². The number of phosphoric ester groups is 2. The number of ether oxygens (including phenoxy) is 3. The van der Waals surface area contributed by atoms with Crippen molar-refractivity contribution in [1.29, 1.82) is 0 Å². The van der Waals surface area contributed by atoms with Gasteiger partial charge in [0.2, 0.25) is 0 Å². The fourth-order valence-corrected chi connectivity index (χ4v) is 13.3. The molecule has 16 nitrogen and oxygen atoms in total. The smallest absolute Gasteiger partial charge is 0.463 e. The van der Waals surface area contributed by atoms with Gasteiger partial charge < -0.3 is 34.2 Å². The molecule has 0 saturated heterocycles. The normalized spacial score (nSPS) is 14.8. The standard InChI is InChI=1S/C99H162O16P2/c1-4-7-10-13-16-19-22-25-28-31-34-37-40-42-43-44-45-46-47-48-49-51-54-55-58-61-64-67-70-73-76-79-82-85-97(102)109-88-94(100)89-111-116(105,106)112-90-95(101)91-113-117(107,108)114-93-96(115-99(104)87-84-81-78-75-72-69-66-63-60-57-52-39-36-33-30-27-24-21-18-15-12-9-6-3)92-110-98(103)86-83-80-77-74-71-68-65-62-59-56-53-50-41-38-35-32-29-26-23-20-17-14-11-8-5-2/h7-12,16-21,25-30,34-39,42-43,45-46,50,53,57,59-60,62,94-96,100-101H,4-6,13-15,22-24,31-33,40-41,44,47-49,51-52,54-56,58,61,63-93H2,1-3H3,(H,105,106)(H,107,108)/b10-7-,11-8-,12-9-,19-16-,20-17-,21-18-,28-25-,29-26-,30-27-,37-34-,38-35-,39-36-,43-42-,46-45-,53-50-,60-57-,62-59-. The molecule has 0 bridgehead atoms. The van der Waals surface area contributed by atoms with Crippen LogP contribution < -0.4 is 0 Å². The highest BCUT2D eigenvalue weighted by molar-refractivity contribution is 7.47. The molecule has 0 aliphatic carbocycles. The third-order valence-corrected chi connectivity index (χ3v) is 20.4. The molecule has 0 saturated carbocycles. The molecule has 0 heterocycles. The van der Waals surface area contributed by atoms with E-state index in [4.69, 9.17) is 32.3 Å². The number of rotatable bonds is 84. The van der Waals surface area contributed by atoms with E-state index in [0.29, 0.717) is 19.3 Å². The summed E-state index contributed by atoms with van der Waals surface area (Å²) >= 11 is 0. The number of carbonyl (C=O) groups is 3. The maximum absolute atomic E-state index is 13.1. The summed E-state index contributed by atoms with van der Waals surface area (Å²) in [5, 5.41) is 20.7. The molecule has 0 aliphatic rings. The van der Waals surface area contributed by atoms with Crippen LogP contribution in [0.15, 0.2) is 207 Å². The van der Waals surface area contributed by atoms with Crippen molar-refractivity contribution >= 4 is 33.6 Å². The third kappa shape index (κ3) is 90.7. The number of unbranched alkanes of at least 4 members (excludes halogenated alkanes) is 27. The highest BCUT2D eigenvalue weighted by Gasteiger charge is 2.29. The number of hydrogen-bond acceptors (Lipinski definition) is 14. The van der Waals surface area contributed by atoms with Crippen LogP contribution in [0.2, 0.25) is 0 Å². The van der Waals surface area contributed by atoms with Crippen molar-refractivity contribution in [2.45, 2.75) is 360 Å². The number of carbonyl (C=O) groups excluding carboxylic acids is 3. The minimum absolute atomic E-state index is 0.0802. The van der Waals surface area contributed by atoms with E-state index in [1.54, 1.807) is 0 Å². The van der Waals surface area contributed by atoms with Gasteiger partial charge in [-0.1, -0.05) is 362 Å². The molecule has 0 aliphatic heterocycles. The number of aliphatic hydroxyl groups is 2. The Morgan fingerprint density at radius 3 is 0.675 bits per heavy atom. The molecule has 0 rings (SSSR count). The van der Waals surface area contributed by atoms with Gasteiger partial charge in [0.1, 0.15) is 25.4 Å². The minimum atomic E-state index is -4.96. The monoisotopic (exact) mass is 1670 g/mol. The van der Waals surface area contributed by atoms with Crippen LogP contribution in [0.1, 0.15) is 342 Å². The van der Waals surface area contributed by atoms with E-state index in [1.807, 2.05) is 0 Å². The predicted molar refractivity (Wildman–Crippen MR) is 491 cm³/mol. The van der Waals surface area contributed by atoms with Crippen molar-refractivity contribution in [3.63, 3.8) is 0 Å². The van der Waals surface area contributed by atoms with Gasteiger partial charge in [0.05, 0.1) is 26.4 Å². The fraction of sp³-hybridized carbons (Fsp3) is 0.626. The lowest BCUT2D eigenvalue weighted by Crippen LogP contribution is -2.30. The number of hydrogen-bond donors (Lipinski definition) is 4. The molecule has 0 fully saturated rings. The predicted octanol–water partition coefficient (Wildman–Crippen LogP) is 28.0. The van der Waals surface area contributed by atoms with Crippen LogP contribution in [0.5, 0.6) is 0 Å². The number of phosphoric acid groups is 2. The topological polar surface area (TPSA) is 231 Å². The van der Waals surface area contributed by atoms with Crippen molar-refractivity contribution in [2.75, 3.05) is 39.6 Å².